The van der Waals surface area contributed by atoms with E-state index in [4.69, 9.17) is 23.2 Å². The molecule has 1 aliphatic heterocycles. The summed E-state index contributed by atoms with van der Waals surface area (Å²) < 4.78 is 14.3. The molecule has 150 valence electrons. The van der Waals surface area contributed by atoms with Crippen LogP contribution < -0.4 is 4.90 Å². The first-order valence-corrected chi connectivity index (χ1v) is 11.6. The molecule has 0 N–H and O–H groups in total. The number of hydrogen-bond acceptors (Lipinski definition) is 4. The van der Waals surface area contributed by atoms with E-state index >= 15 is 0 Å². The molecule has 1 saturated heterocycles. The van der Waals surface area contributed by atoms with Crippen LogP contribution in [0, 0.1) is 0 Å². The van der Waals surface area contributed by atoms with Gasteiger partial charge in [-0.15, -0.1) is 0 Å². The number of halogens is 2. The van der Waals surface area contributed by atoms with E-state index in [1.165, 1.54) is 5.41 Å². The molecule has 8 heteroatoms. The van der Waals surface area contributed by atoms with Gasteiger partial charge in [0.25, 0.3) is 0 Å². The Morgan fingerprint density at radius 3 is 2.38 bits per heavy atom. The van der Waals surface area contributed by atoms with Crippen LogP contribution in [0.5, 0.6) is 0 Å². The third kappa shape index (κ3) is 3.98. The molecule has 2 aromatic carbocycles. The van der Waals surface area contributed by atoms with Crippen molar-refractivity contribution >= 4 is 55.5 Å². The second-order valence-electron chi connectivity index (χ2n) is 6.83. The van der Waals surface area contributed by atoms with E-state index < -0.39 is 9.71 Å². The van der Waals surface area contributed by atoms with Crippen LogP contribution in [0.25, 0.3) is 22.0 Å². The molecule has 3 aromatic rings. The number of rotatable bonds is 4. The lowest BCUT2D eigenvalue weighted by atomic mass is 10.0. The summed E-state index contributed by atoms with van der Waals surface area (Å²) in [7, 11) is -2.41. The van der Waals surface area contributed by atoms with Crippen molar-refractivity contribution in [1.82, 2.24) is 14.3 Å². The average Bonchev–Trinajstić information content (AvgIpc) is 2.73. The first-order valence-electron chi connectivity index (χ1n) is 9.09. The van der Waals surface area contributed by atoms with E-state index in [2.05, 4.69) is 27.3 Å². The van der Waals surface area contributed by atoms with Crippen LogP contribution in [0.15, 0.2) is 54.7 Å². The predicted octanol–water partition coefficient (Wildman–Crippen LogP) is 4.50. The highest BCUT2D eigenvalue weighted by Crippen LogP contribution is 2.35. The smallest absolute Gasteiger partial charge is 0.139 e. The van der Waals surface area contributed by atoms with Gasteiger partial charge in [0.15, 0.2) is 0 Å². The van der Waals surface area contributed by atoms with Crippen LogP contribution in [-0.4, -0.2) is 50.5 Å². The molecule has 5 nitrogen and oxygen atoms in total. The lowest BCUT2D eigenvalue weighted by Crippen LogP contribution is -2.48. The van der Waals surface area contributed by atoms with Crippen LogP contribution in [0.4, 0.5) is 5.82 Å². The standard InChI is InChI=1S/C21H20Cl2N4OS/c1-3-29(2,28)27-10-8-26(9-11-27)21-18-12-17(15-4-6-16(22)7-5-15)19(23)13-20(18)24-14-25-21/h3-7,12-14H,1-2,8-11H2. The Bertz CT molecular complexity index is 1170. The van der Waals surface area contributed by atoms with Gasteiger partial charge in [-0.1, -0.05) is 41.9 Å². The number of anilines is 1. The number of aromatic nitrogens is 2. The van der Waals surface area contributed by atoms with E-state index in [1.807, 2.05) is 40.7 Å². The summed E-state index contributed by atoms with van der Waals surface area (Å²) >= 11 is 12.6. The molecule has 0 spiro atoms. The van der Waals surface area contributed by atoms with Gasteiger partial charge >= 0.3 is 0 Å². The SMILES string of the molecule is C=CS(=C)(=O)N1CCN(c2ncnc3cc(Cl)c(-c4ccc(Cl)cc4)cc23)CC1. The summed E-state index contributed by atoms with van der Waals surface area (Å²) in [6, 6.07) is 11.5. The molecule has 1 atom stereocenters. The lowest BCUT2D eigenvalue weighted by molar-refractivity contribution is 0.411. The van der Waals surface area contributed by atoms with E-state index in [-0.39, 0.29) is 0 Å². The summed E-state index contributed by atoms with van der Waals surface area (Å²) in [5.41, 5.74) is 2.66. The van der Waals surface area contributed by atoms with Gasteiger partial charge in [-0.3, -0.25) is 0 Å². The van der Waals surface area contributed by atoms with E-state index in [0.29, 0.717) is 36.2 Å². The van der Waals surface area contributed by atoms with Crippen molar-refractivity contribution in [2.75, 3.05) is 31.1 Å². The van der Waals surface area contributed by atoms with Crippen LogP contribution >= 0.6 is 23.2 Å². The van der Waals surface area contributed by atoms with Gasteiger partial charge in [0.1, 0.15) is 12.1 Å². The maximum absolute atomic E-state index is 12.5. The molecule has 0 amide bonds. The van der Waals surface area contributed by atoms with Crippen molar-refractivity contribution in [3.05, 3.63) is 64.8 Å². The second kappa shape index (κ2) is 7.95. The zero-order valence-electron chi connectivity index (χ0n) is 15.7. The Morgan fingerprint density at radius 1 is 1.03 bits per heavy atom. The van der Waals surface area contributed by atoms with E-state index in [1.54, 1.807) is 6.33 Å². The van der Waals surface area contributed by atoms with Gasteiger partial charge < -0.3 is 4.90 Å². The fourth-order valence-corrected chi connectivity index (χ4v) is 4.87. The fraction of sp³-hybridized carbons (Fsp3) is 0.190. The summed E-state index contributed by atoms with van der Waals surface area (Å²) in [6.45, 7) is 6.26. The first-order chi connectivity index (χ1) is 13.9. The summed E-state index contributed by atoms with van der Waals surface area (Å²) in [4.78, 5) is 11.1. The Labute approximate surface area is 180 Å². The van der Waals surface area contributed by atoms with Gasteiger partial charge in [0, 0.05) is 57.3 Å². The molecule has 4 rings (SSSR count). The van der Waals surface area contributed by atoms with Crippen LogP contribution in [-0.2, 0) is 9.71 Å². The van der Waals surface area contributed by atoms with Crippen molar-refractivity contribution in [3.63, 3.8) is 0 Å². The molecule has 0 bridgehead atoms. The van der Waals surface area contributed by atoms with Crippen molar-refractivity contribution in [2.45, 2.75) is 0 Å². The van der Waals surface area contributed by atoms with Gasteiger partial charge in [-0.05, 0) is 35.7 Å². The highest BCUT2D eigenvalue weighted by atomic mass is 35.5. The van der Waals surface area contributed by atoms with Crippen LogP contribution in [0.1, 0.15) is 0 Å². The minimum atomic E-state index is -2.41. The lowest BCUT2D eigenvalue weighted by Gasteiger charge is -2.36. The normalized spacial score (nSPS) is 17.2. The molecule has 0 radical (unpaired) electrons. The summed E-state index contributed by atoms with van der Waals surface area (Å²) in [6.07, 6.45) is 1.55. The topological polar surface area (TPSA) is 49.3 Å². The second-order valence-corrected chi connectivity index (χ2v) is 9.90. The fourth-order valence-electron chi connectivity index (χ4n) is 3.48. The molecule has 1 fully saturated rings. The van der Waals surface area contributed by atoms with Gasteiger partial charge in [0.05, 0.1) is 10.5 Å². The third-order valence-corrected chi connectivity index (χ3v) is 7.42. The maximum atomic E-state index is 12.5. The molecule has 2 heterocycles. The third-order valence-electron chi connectivity index (χ3n) is 5.09. The number of hydrogen-bond donors (Lipinski definition) is 0. The monoisotopic (exact) mass is 446 g/mol. The highest BCUT2D eigenvalue weighted by molar-refractivity contribution is 8.00. The predicted molar refractivity (Wildman–Crippen MR) is 124 cm³/mol. The Morgan fingerprint density at radius 2 is 1.72 bits per heavy atom. The molecule has 1 unspecified atom stereocenters. The molecule has 29 heavy (non-hydrogen) atoms. The Balaban J connectivity index is 1.71. The van der Waals surface area contributed by atoms with Crippen LogP contribution in [0.3, 0.4) is 0 Å². The van der Waals surface area contributed by atoms with Gasteiger partial charge in [-0.25, -0.2) is 18.5 Å². The minimum absolute atomic E-state index is 0.622. The number of benzene rings is 2. The molecule has 1 aromatic heterocycles. The largest absolute Gasteiger partial charge is 0.353 e. The molecule has 0 saturated carbocycles. The summed E-state index contributed by atoms with van der Waals surface area (Å²) in [5.74, 6) is 4.63. The van der Waals surface area contributed by atoms with E-state index in [9.17, 15) is 4.21 Å². The van der Waals surface area contributed by atoms with Gasteiger partial charge in [0.2, 0.25) is 0 Å². The number of nitrogens with zero attached hydrogens (tertiary/aromatic N) is 4. The van der Waals surface area contributed by atoms with Crippen molar-refractivity contribution in [1.29, 1.82) is 0 Å². The highest BCUT2D eigenvalue weighted by Gasteiger charge is 2.23. The Hall–Kier alpha value is -2.12. The van der Waals surface area contributed by atoms with Crippen molar-refractivity contribution < 1.29 is 4.21 Å². The molecule has 1 aliphatic rings. The zero-order chi connectivity index (χ0) is 20.6. The molecular formula is C21H20Cl2N4OS. The minimum Gasteiger partial charge on any atom is -0.353 e. The maximum Gasteiger partial charge on any atom is 0.139 e. The van der Waals surface area contributed by atoms with Crippen molar-refractivity contribution in [2.24, 2.45) is 0 Å². The Kier molecular flexibility index (Phi) is 5.53. The first kappa shape index (κ1) is 20.2. The van der Waals surface area contributed by atoms with Crippen LogP contribution in [0.2, 0.25) is 10.0 Å². The number of fused-ring (bicyclic) bond motifs is 1. The molecular weight excluding hydrogens is 427 g/mol. The van der Waals surface area contributed by atoms with Gasteiger partial charge in [-0.2, -0.15) is 0 Å². The number of piperazine rings is 1. The quantitative estimate of drug-likeness (QED) is 0.553. The average molecular weight is 447 g/mol. The summed E-state index contributed by atoms with van der Waals surface area (Å²) in [5, 5.41) is 3.66. The zero-order valence-corrected chi connectivity index (χ0v) is 18.1. The van der Waals surface area contributed by atoms with E-state index in [0.717, 1.165) is 27.8 Å². The molecule has 0 aliphatic carbocycles. The van der Waals surface area contributed by atoms with Crippen molar-refractivity contribution in [3.8, 4) is 11.1 Å².